The number of rotatable bonds is 4. The van der Waals surface area contributed by atoms with E-state index in [1.807, 2.05) is 11.3 Å². The van der Waals surface area contributed by atoms with Crippen LogP contribution in [0, 0.1) is 0 Å². The van der Waals surface area contributed by atoms with Gasteiger partial charge < -0.3 is 5.32 Å². The molecule has 1 heterocycles. The summed E-state index contributed by atoms with van der Waals surface area (Å²) in [5.74, 6) is 0.749. The Morgan fingerprint density at radius 3 is 2.61 bits per heavy atom. The number of halogens is 1. The van der Waals surface area contributed by atoms with Gasteiger partial charge in [0.05, 0.1) is 0 Å². The zero-order chi connectivity index (χ0) is 12.4. The van der Waals surface area contributed by atoms with E-state index >= 15 is 0 Å². The van der Waals surface area contributed by atoms with Gasteiger partial charge in [-0.15, -0.1) is 11.3 Å². The van der Waals surface area contributed by atoms with Gasteiger partial charge in [0, 0.05) is 21.9 Å². The van der Waals surface area contributed by atoms with Gasteiger partial charge in [0.15, 0.2) is 0 Å². The van der Waals surface area contributed by atoms with Gasteiger partial charge in [-0.3, -0.25) is 0 Å². The van der Waals surface area contributed by atoms with E-state index in [9.17, 15) is 0 Å². The highest BCUT2D eigenvalue weighted by molar-refractivity contribution is 9.10. The monoisotopic (exact) mass is 321 g/mol. The molecule has 0 radical (unpaired) electrons. The molecule has 2 aromatic rings. The third-order valence-corrected chi connectivity index (χ3v) is 5.03. The van der Waals surface area contributed by atoms with Crippen molar-refractivity contribution < 1.29 is 0 Å². The third-order valence-electron chi connectivity index (χ3n) is 3.62. The molecule has 1 aliphatic rings. The second-order valence-corrected chi connectivity index (χ2v) is 6.82. The predicted molar refractivity (Wildman–Crippen MR) is 81.1 cm³/mol. The summed E-state index contributed by atoms with van der Waals surface area (Å²) in [6, 6.07) is 13.8. The first-order valence-corrected chi connectivity index (χ1v) is 8.00. The molecule has 94 valence electrons. The van der Waals surface area contributed by atoms with Crippen LogP contribution in [0.1, 0.15) is 29.2 Å². The van der Waals surface area contributed by atoms with Crippen LogP contribution in [0.5, 0.6) is 0 Å². The zero-order valence-corrected chi connectivity index (χ0v) is 12.5. The van der Waals surface area contributed by atoms with Crippen molar-refractivity contribution in [2.24, 2.45) is 0 Å². The van der Waals surface area contributed by atoms with E-state index in [0.29, 0.717) is 6.04 Å². The van der Waals surface area contributed by atoms with Gasteiger partial charge in [-0.05, 0) is 47.9 Å². The van der Waals surface area contributed by atoms with Crippen molar-refractivity contribution in [1.29, 1.82) is 0 Å². The molecule has 1 aromatic heterocycles. The van der Waals surface area contributed by atoms with Crippen molar-refractivity contribution >= 4 is 27.3 Å². The van der Waals surface area contributed by atoms with Crippen LogP contribution in [0.15, 0.2) is 46.3 Å². The smallest absolute Gasteiger partial charge is 0.0302 e. The maximum Gasteiger partial charge on any atom is 0.0302 e. The highest BCUT2D eigenvalue weighted by Gasteiger charge is 2.29. The lowest BCUT2D eigenvalue weighted by molar-refractivity contribution is 0.290. The molecule has 0 unspecified atom stereocenters. The van der Waals surface area contributed by atoms with Gasteiger partial charge >= 0.3 is 0 Å². The lowest BCUT2D eigenvalue weighted by Gasteiger charge is -2.36. The Morgan fingerprint density at radius 2 is 1.94 bits per heavy atom. The Hall–Kier alpha value is -0.640. The second-order valence-electron chi connectivity index (χ2n) is 4.88. The van der Waals surface area contributed by atoms with E-state index < -0.39 is 0 Å². The normalized spacial score (nSPS) is 22.7. The Bertz CT molecular complexity index is 486. The fourth-order valence-electron chi connectivity index (χ4n) is 2.45. The maximum absolute atomic E-state index is 3.63. The molecule has 3 rings (SSSR count). The van der Waals surface area contributed by atoms with Crippen molar-refractivity contribution in [3.8, 4) is 0 Å². The number of nitrogens with one attached hydrogen (secondary N) is 1. The lowest BCUT2D eigenvalue weighted by Crippen LogP contribution is -2.39. The van der Waals surface area contributed by atoms with Crippen LogP contribution in [0.2, 0.25) is 0 Å². The van der Waals surface area contributed by atoms with E-state index in [2.05, 4.69) is 63.0 Å². The first-order valence-electron chi connectivity index (χ1n) is 6.32. The van der Waals surface area contributed by atoms with Crippen LogP contribution >= 0.6 is 27.3 Å². The minimum Gasteiger partial charge on any atom is -0.309 e. The summed E-state index contributed by atoms with van der Waals surface area (Å²) in [4.78, 5) is 1.43. The minimum absolute atomic E-state index is 0.695. The Morgan fingerprint density at radius 1 is 1.17 bits per heavy atom. The molecule has 0 bridgehead atoms. The summed E-state index contributed by atoms with van der Waals surface area (Å²) in [6.07, 6.45) is 2.54. The largest absolute Gasteiger partial charge is 0.309 e. The number of hydrogen-bond donors (Lipinski definition) is 1. The number of thiophene rings is 1. The topological polar surface area (TPSA) is 12.0 Å². The van der Waals surface area contributed by atoms with Gasteiger partial charge in [-0.1, -0.05) is 34.1 Å². The maximum atomic E-state index is 3.63. The molecule has 0 spiro atoms. The quantitative estimate of drug-likeness (QED) is 0.871. The molecule has 0 saturated heterocycles. The molecular formula is C15H16BrNS. The average molecular weight is 322 g/mol. The van der Waals surface area contributed by atoms with E-state index in [0.717, 1.165) is 16.9 Å². The highest BCUT2D eigenvalue weighted by Crippen LogP contribution is 2.37. The zero-order valence-electron chi connectivity index (χ0n) is 10.1. The Kier molecular flexibility index (Phi) is 3.83. The average Bonchev–Trinajstić information content (AvgIpc) is 2.82. The molecule has 1 saturated carbocycles. The van der Waals surface area contributed by atoms with E-state index in [1.165, 1.54) is 23.3 Å². The molecule has 0 amide bonds. The van der Waals surface area contributed by atoms with Crippen molar-refractivity contribution in [3.63, 3.8) is 0 Å². The van der Waals surface area contributed by atoms with Crippen molar-refractivity contribution in [2.45, 2.75) is 31.3 Å². The SMILES string of the molecule is Brc1ccc(C2CC(NCc3cccs3)C2)cc1. The highest BCUT2D eigenvalue weighted by atomic mass is 79.9. The molecular weight excluding hydrogens is 306 g/mol. The second kappa shape index (κ2) is 5.55. The minimum atomic E-state index is 0.695. The molecule has 0 atom stereocenters. The van der Waals surface area contributed by atoms with E-state index in [-0.39, 0.29) is 0 Å². The van der Waals surface area contributed by atoms with Crippen molar-refractivity contribution in [3.05, 3.63) is 56.7 Å². The van der Waals surface area contributed by atoms with Crippen LogP contribution < -0.4 is 5.32 Å². The molecule has 1 aliphatic carbocycles. The van der Waals surface area contributed by atoms with E-state index in [1.54, 1.807) is 0 Å². The molecule has 1 N–H and O–H groups in total. The third kappa shape index (κ3) is 2.85. The molecule has 1 aromatic carbocycles. The fourth-order valence-corrected chi connectivity index (χ4v) is 3.37. The summed E-state index contributed by atoms with van der Waals surface area (Å²) in [5.41, 5.74) is 1.48. The Labute approximate surface area is 120 Å². The van der Waals surface area contributed by atoms with Gasteiger partial charge in [0.2, 0.25) is 0 Å². The van der Waals surface area contributed by atoms with E-state index in [4.69, 9.17) is 0 Å². The molecule has 3 heteroatoms. The van der Waals surface area contributed by atoms with Gasteiger partial charge in [-0.2, -0.15) is 0 Å². The molecule has 18 heavy (non-hydrogen) atoms. The van der Waals surface area contributed by atoms with Crippen LogP contribution in [-0.2, 0) is 6.54 Å². The molecule has 1 fully saturated rings. The van der Waals surface area contributed by atoms with Crippen LogP contribution in [-0.4, -0.2) is 6.04 Å². The number of hydrogen-bond acceptors (Lipinski definition) is 2. The summed E-state index contributed by atoms with van der Waals surface area (Å²) in [5, 5.41) is 5.78. The standard InChI is InChI=1S/C15H16BrNS/c16-13-5-3-11(4-6-13)12-8-14(9-12)17-10-15-2-1-7-18-15/h1-7,12,14,17H,8-10H2. The van der Waals surface area contributed by atoms with Gasteiger partial charge in [0.25, 0.3) is 0 Å². The van der Waals surface area contributed by atoms with Crippen molar-refractivity contribution in [1.82, 2.24) is 5.32 Å². The van der Waals surface area contributed by atoms with Crippen molar-refractivity contribution in [2.75, 3.05) is 0 Å². The predicted octanol–water partition coefficient (Wildman–Crippen LogP) is 4.55. The summed E-state index contributed by atoms with van der Waals surface area (Å²) in [6.45, 7) is 1.02. The lowest BCUT2D eigenvalue weighted by atomic mass is 9.76. The Balaban J connectivity index is 1.47. The molecule has 0 aliphatic heterocycles. The summed E-state index contributed by atoms with van der Waals surface area (Å²) in [7, 11) is 0. The van der Waals surface area contributed by atoms with Gasteiger partial charge in [-0.25, -0.2) is 0 Å². The summed E-state index contributed by atoms with van der Waals surface area (Å²) < 4.78 is 1.16. The fraction of sp³-hybridized carbons (Fsp3) is 0.333. The first-order chi connectivity index (χ1) is 8.81. The number of benzene rings is 1. The van der Waals surface area contributed by atoms with Crippen LogP contribution in [0.4, 0.5) is 0 Å². The van der Waals surface area contributed by atoms with Crippen LogP contribution in [0.3, 0.4) is 0 Å². The summed E-state index contributed by atoms with van der Waals surface area (Å²) >= 11 is 5.31. The molecule has 1 nitrogen and oxygen atoms in total. The van der Waals surface area contributed by atoms with Gasteiger partial charge in [0.1, 0.15) is 0 Å². The first kappa shape index (κ1) is 12.4. The van der Waals surface area contributed by atoms with Crippen LogP contribution in [0.25, 0.3) is 0 Å².